The summed E-state index contributed by atoms with van der Waals surface area (Å²) in [4.78, 5) is 22.7. The second-order valence-corrected chi connectivity index (χ2v) is 4.79. The summed E-state index contributed by atoms with van der Waals surface area (Å²) in [5.74, 6) is -1.11. The fourth-order valence-corrected chi connectivity index (χ4v) is 1.65. The van der Waals surface area contributed by atoms with Crippen LogP contribution in [0.2, 0.25) is 0 Å². The fourth-order valence-electron chi connectivity index (χ4n) is 1.29. The predicted molar refractivity (Wildman–Crippen MR) is 74.6 cm³/mol. The summed E-state index contributed by atoms with van der Waals surface area (Å²) in [7, 11) is 1.54. The second-order valence-electron chi connectivity index (χ2n) is 3.88. The van der Waals surface area contributed by atoms with E-state index < -0.39 is 12.0 Å². The van der Waals surface area contributed by atoms with Crippen molar-refractivity contribution in [3.05, 3.63) is 28.2 Å². The van der Waals surface area contributed by atoms with Gasteiger partial charge < -0.3 is 20.5 Å². The molecule has 0 fully saturated rings. The number of anilines is 1. The molecular formula is C12H15BrN2O4. The molecule has 6 nitrogen and oxygen atoms in total. The summed E-state index contributed by atoms with van der Waals surface area (Å²) >= 11 is 3.18. The first-order chi connectivity index (χ1) is 8.93. The average molecular weight is 331 g/mol. The Morgan fingerprint density at radius 2 is 2.16 bits per heavy atom. The van der Waals surface area contributed by atoms with Crippen molar-refractivity contribution in [2.45, 2.75) is 13.0 Å². The molecule has 0 aliphatic carbocycles. The Balaban J connectivity index is 2.71. The normalized spacial score (nSPS) is 11.7. The topological polar surface area (TPSA) is 87.7 Å². The van der Waals surface area contributed by atoms with Crippen molar-refractivity contribution in [3.63, 3.8) is 0 Å². The van der Waals surface area contributed by atoms with Gasteiger partial charge in [0.25, 0.3) is 0 Å². The SMILES string of the molecule is COC(C)CNC(=O)Nc1ccc(Br)cc1C(=O)O. The van der Waals surface area contributed by atoms with Gasteiger partial charge in [0.2, 0.25) is 0 Å². The molecule has 0 saturated carbocycles. The lowest BCUT2D eigenvalue weighted by molar-refractivity contribution is 0.0698. The number of carbonyl (C=O) groups excluding carboxylic acids is 1. The quantitative estimate of drug-likeness (QED) is 0.773. The van der Waals surface area contributed by atoms with Crippen molar-refractivity contribution in [1.29, 1.82) is 0 Å². The maximum atomic E-state index is 11.6. The number of hydrogen-bond donors (Lipinski definition) is 3. The first-order valence-corrected chi connectivity index (χ1v) is 6.33. The van der Waals surface area contributed by atoms with Gasteiger partial charge in [0, 0.05) is 18.1 Å². The van der Waals surface area contributed by atoms with Gasteiger partial charge in [0.15, 0.2) is 0 Å². The molecule has 7 heteroatoms. The summed E-state index contributed by atoms with van der Waals surface area (Å²) in [6, 6.07) is 4.12. The van der Waals surface area contributed by atoms with Gasteiger partial charge in [-0.1, -0.05) is 15.9 Å². The number of rotatable bonds is 5. The minimum absolute atomic E-state index is 0.0179. The van der Waals surface area contributed by atoms with Crippen molar-refractivity contribution < 1.29 is 19.4 Å². The Bertz CT molecular complexity index is 479. The van der Waals surface area contributed by atoms with Crippen molar-refractivity contribution >= 4 is 33.6 Å². The first-order valence-electron chi connectivity index (χ1n) is 5.54. The van der Waals surface area contributed by atoms with Gasteiger partial charge in [0.05, 0.1) is 17.4 Å². The molecular weight excluding hydrogens is 316 g/mol. The maximum absolute atomic E-state index is 11.6. The summed E-state index contributed by atoms with van der Waals surface area (Å²) in [5.41, 5.74) is 0.252. The molecule has 1 aromatic rings. The number of methoxy groups -OCH3 is 1. The van der Waals surface area contributed by atoms with Crippen LogP contribution < -0.4 is 10.6 Å². The smallest absolute Gasteiger partial charge is 0.337 e. The van der Waals surface area contributed by atoms with E-state index in [1.165, 1.54) is 12.1 Å². The van der Waals surface area contributed by atoms with E-state index in [0.717, 1.165) is 0 Å². The van der Waals surface area contributed by atoms with Crippen LogP contribution in [0.5, 0.6) is 0 Å². The van der Waals surface area contributed by atoms with E-state index in [4.69, 9.17) is 9.84 Å². The molecule has 104 valence electrons. The molecule has 0 aromatic heterocycles. The highest BCUT2D eigenvalue weighted by Gasteiger charge is 2.13. The summed E-state index contributed by atoms with van der Waals surface area (Å²) < 4.78 is 5.61. The van der Waals surface area contributed by atoms with Gasteiger partial charge in [-0.25, -0.2) is 9.59 Å². The number of ether oxygens (including phenoxy) is 1. The number of carboxylic acids is 1. The Hall–Kier alpha value is -1.60. The maximum Gasteiger partial charge on any atom is 0.337 e. The number of amides is 2. The van der Waals surface area contributed by atoms with Gasteiger partial charge in [-0.05, 0) is 25.1 Å². The zero-order valence-electron chi connectivity index (χ0n) is 10.6. The minimum Gasteiger partial charge on any atom is -0.478 e. The fraction of sp³-hybridized carbons (Fsp3) is 0.333. The zero-order valence-corrected chi connectivity index (χ0v) is 12.2. The molecule has 2 amide bonds. The van der Waals surface area contributed by atoms with E-state index in [1.54, 1.807) is 13.2 Å². The van der Waals surface area contributed by atoms with Gasteiger partial charge in [-0.3, -0.25) is 0 Å². The van der Waals surface area contributed by atoms with E-state index in [2.05, 4.69) is 26.6 Å². The van der Waals surface area contributed by atoms with Gasteiger partial charge in [-0.2, -0.15) is 0 Å². The molecule has 0 aliphatic rings. The highest BCUT2D eigenvalue weighted by Crippen LogP contribution is 2.21. The van der Waals surface area contributed by atoms with Crippen LogP contribution in [0, 0.1) is 0 Å². The largest absolute Gasteiger partial charge is 0.478 e. The van der Waals surface area contributed by atoms with Gasteiger partial charge in [0.1, 0.15) is 0 Å². The van der Waals surface area contributed by atoms with E-state index in [1.807, 2.05) is 6.92 Å². The lowest BCUT2D eigenvalue weighted by atomic mass is 10.2. The molecule has 0 radical (unpaired) electrons. The van der Waals surface area contributed by atoms with Gasteiger partial charge >= 0.3 is 12.0 Å². The summed E-state index contributed by atoms with van der Waals surface area (Å²) in [6.07, 6.45) is -0.116. The number of aromatic carboxylic acids is 1. The lowest BCUT2D eigenvalue weighted by Gasteiger charge is -2.13. The van der Waals surface area contributed by atoms with Crippen LogP contribution in [0.3, 0.4) is 0 Å². The van der Waals surface area contributed by atoms with Crippen molar-refractivity contribution in [2.24, 2.45) is 0 Å². The number of hydrogen-bond acceptors (Lipinski definition) is 3. The number of carbonyl (C=O) groups is 2. The van der Waals surface area contributed by atoms with Crippen LogP contribution in [-0.4, -0.2) is 36.9 Å². The highest BCUT2D eigenvalue weighted by atomic mass is 79.9. The molecule has 1 rings (SSSR count). The molecule has 1 unspecified atom stereocenters. The van der Waals surface area contributed by atoms with Gasteiger partial charge in [-0.15, -0.1) is 0 Å². The van der Waals surface area contributed by atoms with Crippen molar-refractivity contribution in [3.8, 4) is 0 Å². The van der Waals surface area contributed by atoms with Crippen LogP contribution in [0.15, 0.2) is 22.7 Å². The molecule has 0 saturated heterocycles. The third kappa shape index (κ3) is 4.88. The predicted octanol–water partition coefficient (Wildman–Crippen LogP) is 2.30. The average Bonchev–Trinajstić information content (AvgIpc) is 2.37. The van der Waals surface area contributed by atoms with Crippen LogP contribution in [0.1, 0.15) is 17.3 Å². The van der Waals surface area contributed by atoms with Crippen molar-refractivity contribution in [1.82, 2.24) is 5.32 Å². The monoisotopic (exact) mass is 330 g/mol. The number of carboxylic acid groups (broad SMARTS) is 1. The Kier molecular flexibility index (Phi) is 5.78. The molecule has 1 atom stereocenters. The molecule has 0 bridgehead atoms. The molecule has 1 aromatic carbocycles. The van der Waals surface area contributed by atoms with E-state index in [9.17, 15) is 9.59 Å². The zero-order chi connectivity index (χ0) is 14.4. The van der Waals surface area contributed by atoms with Crippen LogP contribution in [0.4, 0.5) is 10.5 Å². The number of halogens is 1. The van der Waals surface area contributed by atoms with Crippen LogP contribution in [0.25, 0.3) is 0 Å². The molecule has 19 heavy (non-hydrogen) atoms. The first kappa shape index (κ1) is 15.5. The van der Waals surface area contributed by atoms with E-state index >= 15 is 0 Å². The number of nitrogens with one attached hydrogen (secondary N) is 2. The summed E-state index contributed by atoms with van der Waals surface area (Å²) in [5, 5.41) is 14.1. The third-order valence-electron chi connectivity index (χ3n) is 2.41. The lowest BCUT2D eigenvalue weighted by Crippen LogP contribution is -2.35. The molecule has 3 N–H and O–H groups in total. The number of benzene rings is 1. The highest BCUT2D eigenvalue weighted by molar-refractivity contribution is 9.10. The molecule has 0 spiro atoms. The third-order valence-corrected chi connectivity index (χ3v) is 2.91. The number of urea groups is 1. The Labute approximate surface area is 119 Å². The van der Waals surface area contributed by atoms with E-state index in [0.29, 0.717) is 11.0 Å². The minimum atomic E-state index is -1.11. The Morgan fingerprint density at radius 1 is 1.47 bits per heavy atom. The molecule has 0 aliphatic heterocycles. The van der Waals surface area contributed by atoms with Crippen LogP contribution in [-0.2, 0) is 4.74 Å². The van der Waals surface area contributed by atoms with Crippen LogP contribution >= 0.6 is 15.9 Å². The summed E-state index contributed by atoms with van der Waals surface area (Å²) in [6.45, 7) is 2.14. The molecule has 0 heterocycles. The Morgan fingerprint density at radius 3 is 2.74 bits per heavy atom. The van der Waals surface area contributed by atoms with E-state index in [-0.39, 0.29) is 17.4 Å². The van der Waals surface area contributed by atoms with Crippen molar-refractivity contribution in [2.75, 3.05) is 19.0 Å². The standard InChI is InChI=1S/C12H15BrN2O4/c1-7(19-2)6-14-12(18)15-10-4-3-8(13)5-9(10)11(16)17/h3-5,7H,6H2,1-2H3,(H,16,17)(H2,14,15,18). The second kappa shape index (κ2) is 7.10.